The Balaban J connectivity index is 1.82. The van der Waals surface area contributed by atoms with Crippen LogP contribution in [0.5, 0.6) is 11.5 Å². The third kappa shape index (κ3) is 2.51. The molecule has 0 amide bonds. The largest absolute Gasteiger partial charge is 0.486 e. The molecule has 3 heteroatoms. The second kappa shape index (κ2) is 5.65. The first-order chi connectivity index (χ1) is 9.66. The summed E-state index contributed by atoms with van der Waals surface area (Å²) in [4.78, 5) is 0. The smallest absolute Gasteiger partial charge is 0.166 e. The van der Waals surface area contributed by atoms with Crippen molar-refractivity contribution in [1.82, 2.24) is 0 Å². The van der Waals surface area contributed by atoms with E-state index in [1.807, 2.05) is 12.1 Å². The minimum absolute atomic E-state index is 0.0570. The molecule has 2 aliphatic rings. The summed E-state index contributed by atoms with van der Waals surface area (Å²) >= 11 is 0. The highest BCUT2D eigenvalue weighted by Gasteiger charge is 2.31. The standard InChI is InChI=1S/C17H25NO2/c1-11-6-7-13(10-12(11)2)16(18)14-4-3-5-15-17(14)20-9-8-19-15/h3-5,11-13,16H,6-10,18H2,1-2H3. The average Bonchev–Trinajstić information content (AvgIpc) is 2.49. The van der Waals surface area contributed by atoms with Gasteiger partial charge in [0.2, 0.25) is 0 Å². The Bertz CT molecular complexity index is 474. The van der Waals surface area contributed by atoms with Gasteiger partial charge in [-0.15, -0.1) is 0 Å². The van der Waals surface area contributed by atoms with Crippen LogP contribution in [-0.2, 0) is 0 Å². The Kier molecular flexibility index (Phi) is 3.88. The van der Waals surface area contributed by atoms with Crippen LogP contribution in [0, 0.1) is 17.8 Å². The minimum Gasteiger partial charge on any atom is -0.486 e. The summed E-state index contributed by atoms with van der Waals surface area (Å²) in [5, 5.41) is 0. The van der Waals surface area contributed by atoms with Crippen LogP contribution in [0.3, 0.4) is 0 Å². The summed E-state index contributed by atoms with van der Waals surface area (Å²) in [5.74, 6) is 3.86. The molecule has 1 aromatic carbocycles. The summed E-state index contributed by atoms with van der Waals surface area (Å²) < 4.78 is 11.5. The van der Waals surface area contributed by atoms with Gasteiger partial charge in [-0.2, -0.15) is 0 Å². The monoisotopic (exact) mass is 275 g/mol. The van der Waals surface area contributed by atoms with E-state index in [2.05, 4.69) is 19.9 Å². The highest BCUT2D eigenvalue weighted by atomic mass is 16.6. The first-order valence-corrected chi connectivity index (χ1v) is 7.81. The van der Waals surface area contributed by atoms with Gasteiger partial charge in [-0.1, -0.05) is 32.4 Å². The molecule has 1 aromatic rings. The van der Waals surface area contributed by atoms with Crippen molar-refractivity contribution >= 4 is 0 Å². The van der Waals surface area contributed by atoms with E-state index in [0.717, 1.165) is 28.9 Å². The summed E-state index contributed by atoms with van der Waals surface area (Å²) in [7, 11) is 0. The first-order valence-electron chi connectivity index (χ1n) is 7.81. The fraction of sp³-hybridized carbons (Fsp3) is 0.647. The Morgan fingerprint density at radius 2 is 1.90 bits per heavy atom. The SMILES string of the molecule is CC1CCC(C(N)c2cccc3c2OCCO3)CC1C. The average molecular weight is 275 g/mol. The highest BCUT2D eigenvalue weighted by Crippen LogP contribution is 2.43. The zero-order chi connectivity index (χ0) is 14.1. The van der Waals surface area contributed by atoms with Gasteiger partial charge in [0.25, 0.3) is 0 Å². The number of benzene rings is 1. The van der Waals surface area contributed by atoms with E-state index >= 15 is 0 Å². The molecule has 1 heterocycles. The van der Waals surface area contributed by atoms with Gasteiger partial charge in [-0.3, -0.25) is 0 Å². The third-order valence-corrected chi connectivity index (χ3v) is 5.10. The zero-order valence-corrected chi connectivity index (χ0v) is 12.5. The molecule has 0 saturated heterocycles. The van der Waals surface area contributed by atoms with Gasteiger partial charge in [0.05, 0.1) is 0 Å². The fourth-order valence-corrected chi connectivity index (χ4v) is 3.53. The molecule has 2 N–H and O–H groups in total. The fourth-order valence-electron chi connectivity index (χ4n) is 3.53. The van der Waals surface area contributed by atoms with Crippen LogP contribution < -0.4 is 15.2 Å². The van der Waals surface area contributed by atoms with Crippen LogP contribution in [0.1, 0.15) is 44.7 Å². The van der Waals surface area contributed by atoms with E-state index in [0.29, 0.717) is 19.1 Å². The van der Waals surface area contributed by atoms with Gasteiger partial charge >= 0.3 is 0 Å². The number of ether oxygens (including phenoxy) is 2. The number of fused-ring (bicyclic) bond motifs is 1. The van der Waals surface area contributed by atoms with E-state index < -0.39 is 0 Å². The number of nitrogens with two attached hydrogens (primary N) is 1. The quantitative estimate of drug-likeness (QED) is 0.898. The maximum absolute atomic E-state index is 6.57. The van der Waals surface area contributed by atoms with Gasteiger partial charge < -0.3 is 15.2 Å². The Morgan fingerprint density at radius 1 is 1.10 bits per heavy atom. The lowest BCUT2D eigenvalue weighted by Gasteiger charge is -2.36. The normalized spacial score (nSPS) is 30.9. The molecule has 0 bridgehead atoms. The van der Waals surface area contributed by atoms with Gasteiger partial charge in [0, 0.05) is 11.6 Å². The second-order valence-corrected chi connectivity index (χ2v) is 6.42. The van der Waals surface area contributed by atoms with E-state index in [4.69, 9.17) is 15.2 Å². The molecule has 3 rings (SSSR count). The van der Waals surface area contributed by atoms with E-state index in [1.54, 1.807) is 0 Å². The van der Waals surface area contributed by atoms with Gasteiger partial charge in [-0.25, -0.2) is 0 Å². The Hall–Kier alpha value is -1.22. The third-order valence-electron chi connectivity index (χ3n) is 5.10. The van der Waals surface area contributed by atoms with Gasteiger partial charge in [-0.05, 0) is 36.7 Å². The lowest BCUT2D eigenvalue weighted by molar-refractivity contribution is 0.161. The summed E-state index contributed by atoms with van der Waals surface area (Å²) in [5.41, 5.74) is 7.69. The molecule has 110 valence electrons. The number of rotatable bonds is 2. The number of hydrogen-bond donors (Lipinski definition) is 1. The molecule has 0 radical (unpaired) electrons. The van der Waals surface area contributed by atoms with Crippen LogP contribution in [0.25, 0.3) is 0 Å². The molecule has 4 unspecified atom stereocenters. The summed E-state index contributed by atoms with van der Waals surface area (Å²) in [6, 6.07) is 6.15. The highest BCUT2D eigenvalue weighted by molar-refractivity contribution is 5.49. The van der Waals surface area contributed by atoms with E-state index in [9.17, 15) is 0 Å². The Labute approximate surface area is 121 Å². The Morgan fingerprint density at radius 3 is 2.70 bits per heavy atom. The second-order valence-electron chi connectivity index (χ2n) is 6.42. The van der Waals surface area contributed by atoms with Crippen LogP contribution in [0.4, 0.5) is 0 Å². The van der Waals surface area contributed by atoms with Crippen LogP contribution in [0.15, 0.2) is 18.2 Å². The maximum atomic E-state index is 6.57. The zero-order valence-electron chi connectivity index (χ0n) is 12.5. The molecule has 4 atom stereocenters. The predicted octanol–water partition coefficient (Wildman–Crippen LogP) is 3.53. The van der Waals surface area contributed by atoms with Crippen molar-refractivity contribution < 1.29 is 9.47 Å². The van der Waals surface area contributed by atoms with Crippen molar-refractivity contribution in [2.45, 2.75) is 39.2 Å². The molecule has 0 spiro atoms. The lowest BCUT2D eigenvalue weighted by atomic mass is 9.72. The molecule has 1 aliphatic heterocycles. The van der Waals surface area contributed by atoms with Crippen LogP contribution in [0.2, 0.25) is 0 Å². The lowest BCUT2D eigenvalue weighted by Crippen LogP contribution is -2.30. The van der Waals surface area contributed by atoms with Gasteiger partial charge in [0.15, 0.2) is 11.5 Å². The van der Waals surface area contributed by atoms with Crippen LogP contribution >= 0.6 is 0 Å². The van der Waals surface area contributed by atoms with Crippen molar-refractivity contribution in [2.24, 2.45) is 23.5 Å². The van der Waals surface area contributed by atoms with Crippen molar-refractivity contribution in [3.8, 4) is 11.5 Å². The van der Waals surface area contributed by atoms with Crippen molar-refractivity contribution in [3.05, 3.63) is 23.8 Å². The van der Waals surface area contributed by atoms with E-state index in [1.165, 1.54) is 19.3 Å². The van der Waals surface area contributed by atoms with Crippen molar-refractivity contribution in [2.75, 3.05) is 13.2 Å². The predicted molar refractivity (Wildman–Crippen MR) is 80.0 cm³/mol. The molecule has 1 aliphatic carbocycles. The molecule has 1 saturated carbocycles. The van der Waals surface area contributed by atoms with Crippen molar-refractivity contribution in [1.29, 1.82) is 0 Å². The topological polar surface area (TPSA) is 44.5 Å². The summed E-state index contributed by atoms with van der Waals surface area (Å²) in [6.45, 7) is 5.95. The molecule has 0 aromatic heterocycles. The first kappa shape index (κ1) is 13.7. The number of para-hydroxylation sites is 1. The molecular weight excluding hydrogens is 250 g/mol. The number of hydrogen-bond acceptors (Lipinski definition) is 3. The van der Waals surface area contributed by atoms with Crippen molar-refractivity contribution in [3.63, 3.8) is 0 Å². The van der Waals surface area contributed by atoms with Crippen LogP contribution in [-0.4, -0.2) is 13.2 Å². The van der Waals surface area contributed by atoms with Gasteiger partial charge in [0.1, 0.15) is 13.2 Å². The molecule has 20 heavy (non-hydrogen) atoms. The maximum Gasteiger partial charge on any atom is 0.166 e. The minimum atomic E-state index is 0.0570. The molecular formula is C17H25NO2. The molecule has 1 fully saturated rings. The molecule has 3 nitrogen and oxygen atoms in total. The summed E-state index contributed by atoms with van der Waals surface area (Å²) in [6.07, 6.45) is 3.72. The van der Waals surface area contributed by atoms with E-state index in [-0.39, 0.29) is 6.04 Å².